The Balaban J connectivity index is 1.51. The van der Waals surface area contributed by atoms with Crippen molar-refractivity contribution < 1.29 is 9.47 Å². The number of guanidine groups is 1. The highest BCUT2D eigenvalue weighted by Crippen LogP contribution is 2.36. The van der Waals surface area contributed by atoms with Crippen LogP contribution < -0.4 is 10.6 Å². The van der Waals surface area contributed by atoms with Gasteiger partial charge in [0.25, 0.3) is 0 Å². The number of hydrogen-bond acceptors (Lipinski definition) is 5. The van der Waals surface area contributed by atoms with Gasteiger partial charge in [-0.2, -0.15) is 11.8 Å². The third-order valence-corrected chi connectivity index (χ3v) is 7.19. The number of morpholine rings is 1. The second kappa shape index (κ2) is 9.44. The van der Waals surface area contributed by atoms with Crippen LogP contribution in [0.15, 0.2) is 4.99 Å². The topological polar surface area (TPSA) is 58.1 Å². The van der Waals surface area contributed by atoms with Gasteiger partial charge < -0.3 is 20.1 Å². The van der Waals surface area contributed by atoms with Gasteiger partial charge in [-0.15, -0.1) is 0 Å². The molecular formula is C18H34N4O2S. The molecule has 3 heterocycles. The second-order valence-corrected chi connectivity index (χ2v) is 9.23. The minimum Gasteiger partial charge on any atom is -0.381 e. The fourth-order valence-corrected chi connectivity index (χ4v) is 5.27. The zero-order valence-corrected chi connectivity index (χ0v) is 16.6. The first-order valence-corrected chi connectivity index (χ1v) is 10.7. The molecular weight excluding hydrogens is 336 g/mol. The normalized spacial score (nSPS) is 32.7. The van der Waals surface area contributed by atoms with E-state index in [4.69, 9.17) is 9.47 Å². The van der Waals surface area contributed by atoms with E-state index in [1.165, 1.54) is 18.6 Å². The van der Waals surface area contributed by atoms with Gasteiger partial charge in [-0.3, -0.25) is 9.89 Å². The number of ether oxygens (including phenoxy) is 2. The van der Waals surface area contributed by atoms with Crippen LogP contribution in [0.3, 0.4) is 0 Å². The molecule has 3 aliphatic heterocycles. The van der Waals surface area contributed by atoms with Gasteiger partial charge in [-0.05, 0) is 31.9 Å². The Morgan fingerprint density at radius 2 is 2.12 bits per heavy atom. The van der Waals surface area contributed by atoms with E-state index in [-0.39, 0.29) is 0 Å². The number of thioether (sulfide) groups is 1. The third kappa shape index (κ3) is 5.49. The van der Waals surface area contributed by atoms with Crippen molar-refractivity contribution in [3.8, 4) is 0 Å². The fourth-order valence-electron chi connectivity index (χ4n) is 4.03. The van der Waals surface area contributed by atoms with Crippen LogP contribution in [0.4, 0.5) is 0 Å². The van der Waals surface area contributed by atoms with E-state index in [9.17, 15) is 0 Å². The van der Waals surface area contributed by atoms with Gasteiger partial charge >= 0.3 is 0 Å². The van der Waals surface area contributed by atoms with Crippen LogP contribution >= 0.6 is 11.8 Å². The highest BCUT2D eigenvalue weighted by molar-refractivity contribution is 8.00. The molecule has 3 unspecified atom stereocenters. The molecule has 3 fully saturated rings. The van der Waals surface area contributed by atoms with E-state index in [2.05, 4.69) is 39.2 Å². The highest BCUT2D eigenvalue weighted by Gasteiger charge is 2.32. The molecule has 2 N–H and O–H groups in total. The van der Waals surface area contributed by atoms with Gasteiger partial charge in [-0.1, -0.05) is 0 Å². The van der Waals surface area contributed by atoms with Crippen molar-refractivity contribution in [2.45, 2.75) is 37.0 Å². The predicted molar refractivity (Wildman–Crippen MR) is 105 cm³/mol. The van der Waals surface area contributed by atoms with Gasteiger partial charge in [0.2, 0.25) is 0 Å². The highest BCUT2D eigenvalue weighted by atomic mass is 32.2. The summed E-state index contributed by atoms with van der Waals surface area (Å²) in [5.74, 6) is 2.81. The van der Waals surface area contributed by atoms with Crippen molar-refractivity contribution >= 4 is 17.7 Å². The lowest BCUT2D eigenvalue weighted by Gasteiger charge is -2.37. The van der Waals surface area contributed by atoms with E-state index in [1.807, 2.05) is 7.05 Å². The summed E-state index contributed by atoms with van der Waals surface area (Å²) in [6.45, 7) is 9.74. The summed E-state index contributed by atoms with van der Waals surface area (Å²) in [7, 11) is 1.86. The monoisotopic (exact) mass is 370 g/mol. The Kier molecular flexibility index (Phi) is 7.28. The fraction of sp³-hybridized carbons (Fsp3) is 0.944. The van der Waals surface area contributed by atoms with Gasteiger partial charge in [0.15, 0.2) is 5.96 Å². The average molecular weight is 371 g/mol. The summed E-state index contributed by atoms with van der Waals surface area (Å²) in [4.78, 5) is 7.00. The van der Waals surface area contributed by atoms with Gasteiger partial charge in [0, 0.05) is 56.5 Å². The molecule has 0 aromatic rings. The third-order valence-electron chi connectivity index (χ3n) is 5.66. The average Bonchev–Trinajstić information content (AvgIpc) is 3.31. The summed E-state index contributed by atoms with van der Waals surface area (Å²) in [5, 5.41) is 7.12. The number of nitrogens with one attached hydrogen (secondary N) is 2. The van der Waals surface area contributed by atoms with E-state index < -0.39 is 0 Å². The van der Waals surface area contributed by atoms with Gasteiger partial charge in [0.1, 0.15) is 0 Å². The molecule has 25 heavy (non-hydrogen) atoms. The standard InChI is InChI=1S/C18H34N4O2S/c1-18(5-3-11-25-18)14-21-17(19-2)20-12-16(15-4-8-24-13-15)22-6-9-23-10-7-22/h15-16H,3-14H2,1-2H3,(H2,19,20,21). The van der Waals surface area contributed by atoms with Crippen LogP contribution in [0.25, 0.3) is 0 Å². The maximum atomic E-state index is 5.66. The van der Waals surface area contributed by atoms with Crippen LogP contribution in [0.1, 0.15) is 26.2 Å². The van der Waals surface area contributed by atoms with Crippen LogP contribution in [0, 0.1) is 5.92 Å². The van der Waals surface area contributed by atoms with Crippen LogP contribution in [0.5, 0.6) is 0 Å². The maximum absolute atomic E-state index is 5.66. The molecule has 0 amide bonds. The summed E-state index contributed by atoms with van der Waals surface area (Å²) in [6.07, 6.45) is 3.78. The van der Waals surface area contributed by atoms with Crippen LogP contribution in [0.2, 0.25) is 0 Å². The van der Waals surface area contributed by atoms with E-state index in [0.29, 0.717) is 16.7 Å². The number of aliphatic imine (C=N–C) groups is 1. The Morgan fingerprint density at radius 1 is 1.28 bits per heavy atom. The summed E-state index contributed by atoms with van der Waals surface area (Å²) >= 11 is 2.08. The van der Waals surface area contributed by atoms with Crippen LogP contribution in [-0.4, -0.2) is 87.1 Å². The Bertz CT molecular complexity index is 431. The molecule has 3 saturated heterocycles. The van der Waals surface area contributed by atoms with Crippen molar-refractivity contribution in [3.05, 3.63) is 0 Å². The summed E-state index contributed by atoms with van der Waals surface area (Å²) in [6, 6.07) is 0.487. The van der Waals surface area contributed by atoms with Gasteiger partial charge in [0.05, 0.1) is 19.8 Å². The molecule has 0 bridgehead atoms. The molecule has 0 aromatic heterocycles. The molecule has 0 spiro atoms. The van der Waals surface area contributed by atoms with Crippen molar-refractivity contribution in [3.63, 3.8) is 0 Å². The molecule has 6 nitrogen and oxygen atoms in total. The first kappa shape index (κ1) is 19.3. The molecule has 3 aliphatic rings. The van der Waals surface area contributed by atoms with Crippen molar-refractivity contribution in [2.75, 3.05) is 65.4 Å². The molecule has 0 aliphatic carbocycles. The molecule has 0 aromatic carbocycles. The largest absolute Gasteiger partial charge is 0.381 e. The molecule has 0 radical (unpaired) electrons. The summed E-state index contributed by atoms with van der Waals surface area (Å²) < 4.78 is 11.5. The van der Waals surface area contributed by atoms with Crippen molar-refractivity contribution in [2.24, 2.45) is 10.9 Å². The lowest BCUT2D eigenvalue weighted by Crippen LogP contribution is -2.54. The molecule has 7 heteroatoms. The maximum Gasteiger partial charge on any atom is 0.191 e. The minimum absolute atomic E-state index is 0.348. The first-order chi connectivity index (χ1) is 12.2. The lowest BCUT2D eigenvalue weighted by atomic mass is 9.97. The minimum atomic E-state index is 0.348. The van der Waals surface area contributed by atoms with Crippen LogP contribution in [-0.2, 0) is 9.47 Å². The Morgan fingerprint density at radius 3 is 2.76 bits per heavy atom. The number of rotatable bonds is 6. The smallest absolute Gasteiger partial charge is 0.191 e. The molecule has 144 valence electrons. The molecule has 0 saturated carbocycles. The van der Waals surface area contributed by atoms with Gasteiger partial charge in [-0.25, -0.2) is 0 Å². The van der Waals surface area contributed by atoms with E-state index in [1.54, 1.807) is 0 Å². The van der Waals surface area contributed by atoms with E-state index in [0.717, 1.165) is 65.0 Å². The van der Waals surface area contributed by atoms with Crippen molar-refractivity contribution in [1.82, 2.24) is 15.5 Å². The second-order valence-electron chi connectivity index (χ2n) is 7.55. The first-order valence-electron chi connectivity index (χ1n) is 9.68. The zero-order chi connectivity index (χ0) is 17.5. The van der Waals surface area contributed by atoms with Crippen molar-refractivity contribution in [1.29, 1.82) is 0 Å². The number of nitrogens with zero attached hydrogens (tertiary/aromatic N) is 2. The lowest BCUT2D eigenvalue weighted by molar-refractivity contribution is 0.00246. The predicted octanol–water partition coefficient (Wildman–Crippen LogP) is 1.17. The Hall–Kier alpha value is -0.500. The zero-order valence-electron chi connectivity index (χ0n) is 15.8. The Labute approximate surface area is 156 Å². The molecule has 3 atom stereocenters. The summed E-state index contributed by atoms with van der Waals surface area (Å²) in [5.41, 5.74) is 0. The molecule has 3 rings (SSSR count). The van der Waals surface area contributed by atoms with E-state index >= 15 is 0 Å². The number of hydrogen-bond donors (Lipinski definition) is 2. The quantitative estimate of drug-likeness (QED) is 0.541. The SMILES string of the molecule is CN=C(NCC(C1CCOC1)N1CCOCC1)NCC1(C)CCCS1.